The summed E-state index contributed by atoms with van der Waals surface area (Å²) < 4.78 is 135. The minimum atomic E-state index is -6.33. The van der Waals surface area contributed by atoms with Gasteiger partial charge in [0.1, 0.15) is 10.6 Å². The van der Waals surface area contributed by atoms with Gasteiger partial charge in [0.15, 0.2) is 9.84 Å². The van der Waals surface area contributed by atoms with Gasteiger partial charge in [0.05, 0.1) is 4.90 Å². The molecule has 0 heterocycles. The number of benzene rings is 2. The number of carbonyl (C=O) groups is 1. The monoisotopic (exact) mass is 569 g/mol. The highest BCUT2D eigenvalue weighted by Gasteiger charge is 2.73. The van der Waals surface area contributed by atoms with Crippen LogP contribution in [0.2, 0.25) is 0 Å². The third-order valence-electron chi connectivity index (χ3n) is 7.74. The summed E-state index contributed by atoms with van der Waals surface area (Å²) in [4.78, 5) is 13.9. The number of carbonyl (C=O) groups excluding carboxylic acids is 1. The Morgan fingerprint density at radius 2 is 1.50 bits per heavy atom. The molecule has 0 aromatic heterocycles. The van der Waals surface area contributed by atoms with Gasteiger partial charge in [-0.25, -0.2) is 17.2 Å². The minimum absolute atomic E-state index is 0.0571. The van der Waals surface area contributed by atoms with E-state index in [1.54, 1.807) is 0 Å². The smallest absolute Gasteiger partial charge is 0.349 e. The first-order chi connectivity index (χ1) is 17.4. The van der Waals surface area contributed by atoms with E-state index in [9.17, 15) is 48.3 Å². The second-order valence-corrected chi connectivity index (χ2v) is 12.1. The summed E-state index contributed by atoms with van der Waals surface area (Å²) >= 11 is 0. The molecular formula is C25H23F8NO3S. The van der Waals surface area contributed by atoms with Crippen LogP contribution in [0.15, 0.2) is 47.4 Å². The number of nitrogens with zero attached hydrogens (tertiary/aromatic N) is 1. The Morgan fingerprint density at radius 3 is 2.03 bits per heavy atom. The van der Waals surface area contributed by atoms with E-state index in [0.29, 0.717) is 12.1 Å². The number of amides is 1. The quantitative estimate of drug-likeness (QED) is 0.343. The number of alkyl halides is 7. The third kappa shape index (κ3) is 3.91. The minimum Gasteiger partial charge on any atom is -0.349 e. The van der Waals surface area contributed by atoms with Crippen LogP contribution in [0.25, 0.3) is 0 Å². The van der Waals surface area contributed by atoms with Crippen molar-refractivity contribution in [2.24, 2.45) is 11.8 Å². The van der Waals surface area contributed by atoms with E-state index in [0.717, 1.165) is 30.3 Å². The van der Waals surface area contributed by atoms with Crippen LogP contribution >= 0.6 is 0 Å². The van der Waals surface area contributed by atoms with Crippen LogP contribution in [0.3, 0.4) is 0 Å². The van der Waals surface area contributed by atoms with E-state index >= 15 is 0 Å². The zero-order valence-electron chi connectivity index (χ0n) is 20.1. The van der Waals surface area contributed by atoms with Crippen molar-refractivity contribution in [3.05, 3.63) is 65.0 Å². The molecule has 0 radical (unpaired) electrons. The van der Waals surface area contributed by atoms with Crippen molar-refractivity contribution in [2.75, 3.05) is 14.1 Å². The van der Waals surface area contributed by atoms with E-state index in [1.165, 1.54) is 19.0 Å². The molecule has 1 saturated carbocycles. The molecule has 0 spiro atoms. The molecule has 2 aromatic rings. The van der Waals surface area contributed by atoms with Crippen molar-refractivity contribution in [1.29, 1.82) is 0 Å². The predicted molar refractivity (Wildman–Crippen MR) is 120 cm³/mol. The van der Waals surface area contributed by atoms with Gasteiger partial charge in [0.2, 0.25) is 5.91 Å². The van der Waals surface area contributed by atoms with Gasteiger partial charge in [-0.3, -0.25) is 4.79 Å². The highest BCUT2D eigenvalue weighted by atomic mass is 32.2. The van der Waals surface area contributed by atoms with Crippen molar-refractivity contribution in [3.63, 3.8) is 0 Å². The maximum absolute atomic E-state index is 14.8. The van der Waals surface area contributed by atoms with Crippen molar-refractivity contribution < 1.29 is 48.3 Å². The Morgan fingerprint density at radius 1 is 0.921 bits per heavy atom. The van der Waals surface area contributed by atoms with Crippen LogP contribution in [0.4, 0.5) is 35.1 Å². The molecule has 4 rings (SSSR count). The van der Waals surface area contributed by atoms with Crippen LogP contribution in [0, 0.1) is 17.7 Å². The number of fused-ring (bicyclic) bond motifs is 3. The number of halogens is 8. The third-order valence-corrected chi connectivity index (χ3v) is 10.3. The molecule has 38 heavy (non-hydrogen) atoms. The second-order valence-electron chi connectivity index (χ2n) is 9.90. The zero-order chi connectivity index (χ0) is 28.5. The van der Waals surface area contributed by atoms with Crippen LogP contribution in [-0.2, 0) is 31.5 Å². The van der Waals surface area contributed by atoms with Gasteiger partial charge in [-0.2, -0.15) is 26.3 Å². The molecule has 208 valence electrons. The number of hydrogen-bond donors (Lipinski definition) is 0. The van der Waals surface area contributed by atoms with Gasteiger partial charge in [-0.1, -0.05) is 18.2 Å². The Kier molecular flexibility index (Phi) is 6.65. The van der Waals surface area contributed by atoms with Crippen molar-refractivity contribution in [3.8, 4) is 0 Å². The molecule has 2 aliphatic rings. The maximum atomic E-state index is 14.8. The van der Waals surface area contributed by atoms with Crippen LogP contribution in [0.1, 0.15) is 36.0 Å². The summed E-state index contributed by atoms with van der Waals surface area (Å²) in [6.07, 6.45) is -13.0. The Balaban J connectivity index is 1.97. The van der Waals surface area contributed by atoms with Gasteiger partial charge in [0.25, 0.3) is 0 Å². The summed E-state index contributed by atoms with van der Waals surface area (Å²) in [7, 11) is -1.50. The van der Waals surface area contributed by atoms with Crippen molar-refractivity contribution in [1.82, 2.24) is 4.90 Å². The molecule has 2 aliphatic carbocycles. The van der Waals surface area contributed by atoms with E-state index in [1.807, 2.05) is 0 Å². The van der Waals surface area contributed by atoms with Crippen molar-refractivity contribution >= 4 is 15.7 Å². The Bertz CT molecular complexity index is 1340. The molecule has 3 atom stereocenters. The lowest BCUT2D eigenvalue weighted by Gasteiger charge is -2.43. The summed E-state index contributed by atoms with van der Waals surface area (Å²) in [6, 6.07) is 5.38. The fraction of sp³-hybridized carbons (Fsp3) is 0.480. The van der Waals surface area contributed by atoms with Gasteiger partial charge in [-0.05, 0) is 67.0 Å². The van der Waals surface area contributed by atoms with Crippen LogP contribution in [0.5, 0.6) is 0 Å². The van der Waals surface area contributed by atoms with E-state index in [2.05, 4.69) is 0 Å². The summed E-state index contributed by atoms with van der Waals surface area (Å²) in [6.45, 7) is 0. The fourth-order valence-electron chi connectivity index (χ4n) is 6.01. The summed E-state index contributed by atoms with van der Waals surface area (Å²) in [5.74, 6) is -2.76. The van der Waals surface area contributed by atoms with E-state index in [4.69, 9.17) is 0 Å². The topological polar surface area (TPSA) is 54.5 Å². The lowest BCUT2D eigenvalue weighted by molar-refractivity contribution is -0.348. The van der Waals surface area contributed by atoms with E-state index in [-0.39, 0.29) is 47.6 Å². The van der Waals surface area contributed by atoms with Gasteiger partial charge in [0, 0.05) is 25.6 Å². The first kappa shape index (κ1) is 28.3. The van der Waals surface area contributed by atoms with Gasteiger partial charge in [-0.15, -0.1) is 0 Å². The normalized spacial score (nSPS) is 24.1. The molecular weight excluding hydrogens is 546 g/mol. The fourth-order valence-corrected chi connectivity index (χ4v) is 8.48. The second kappa shape index (κ2) is 8.92. The maximum Gasteiger partial charge on any atom is 0.435 e. The largest absolute Gasteiger partial charge is 0.435 e. The van der Waals surface area contributed by atoms with Gasteiger partial charge >= 0.3 is 18.0 Å². The Hall–Kier alpha value is -2.70. The molecule has 13 heteroatoms. The molecule has 0 N–H and O–H groups in total. The van der Waals surface area contributed by atoms with Gasteiger partial charge < -0.3 is 4.90 Å². The average Bonchev–Trinajstić information content (AvgIpc) is 3.23. The number of aryl methyl sites for hydroxylation is 1. The first-order valence-corrected chi connectivity index (χ1v) is 13.1. The molecule has 4 nitrogen and oxygen atoms in total. The molecule has 0 unspecified atom stereocenters. The van der Waals surface area contributed by atoms with Crippen LogP contribution in [-0.4, -0.2) is 45.7 Å². The highest BCUT2D eigenvalue weighted by molar-refractivity contribution is 7.92. The highest BCUT2D eigenvalue weighted by Crippen LogP contribution is 2.60. The zero-order valence-corrected chi connectivity index (χ0v) is 20.9. The molecule has 0 saturated heterocycles. The number of sulfone groups is 1. The van der Waals surface area contributed by atoms with E-state index < -0.39 is 55.8 Å². The molecule has 1 amide bonds. The summed E-state index contributed by atoms with van der Waals surface area (Å²) in [5.41, 5.74) is -7.64. The first-order valence-electron chi connectivity index (χ1n) is 11.6. The molecule has 0 aliphatic heterocycles. The number of hydrogen-bond acceptors (Lipinski definition) is 3. The van der Waals surface area contributed by atoms with Crippen molar-refractivity contribution in [2.45, 2.75) is 53.3 Å². The molecule has 1 fully saturated rings. The predicted octanol–water partition coefficient (Wildman–Crippen LogP) is 5.84. The van der Waals surface area contributed by atoms with Crippen LogP contribution < -0.4 is 0 Å². The lowest BCUT2D eigenvalue weighted by Crippen LogP contribution is -2.51. The molecule has 2 aromatic carbocycles. The molecule has 0 bridgehead atoms. The summed E-state index contributed by atoms with van der Waals surface area (Å²) in [5, 5.41) is 0. The average molecular weight is 570 g/mol. The Labute approximate surface area is 213 Å². The number of rotatable bonds is 4. The standard InChI is InChI=1S/C25H23F8NO3S/c1-34(2)21(35)18-11-12-22(38(36,37)17-7-5-16(26)6-8-17)19-10-4-15(13-14(19)3-9-20(18)22)23(27,24(28,29)30)25(31,32)33/h4-8,10,13,18,20H,3,9,11-12H2,1-2H3/t18-,20+,22-/m1/s1. The SMILES string of the molecule is CN(C)C(=O)[C@@H]1CC[C@@]2(S(=O)(=O)c3ccc(F)cc3)c3ccc(C(F)(C(F)(F)F)C(F)(F)F)cc3CC[C@@H]12. The lowest BCUT2D eigenvalue weighted by atomic mass is 9.72.